The van der Waals surface area contributed by atoms with E-state index in [1.54, 1.807) is 0 Å². The minimum absolute atomic E-state index is 1.03. The van der Waals surface area contributed by atoms with Gasteiger partial charge < -0.3 is 0 Å². The lowest BCUT2D eigenvalue weighted by Crippen LogP contribution is -1.80. The van der Waals surface area contributed by atoms with Gasteiger partial charge in [0.25, 0.3) is 0 Å². The Balaban J connectivity index is 4.61. The van der Waals surface area contributed by atoms with E-state index in [4.69, 9.17) is 0 Å². The molecule has 60 valence electrons. The highest BCUT2D eigenvalue weighted by atomic mass is 14.0. The fourth-order valence-electron chi connectivity index (χ4n) is 0.941. The molecule has 0 fully saturated rings. The van der Waals surface area contributed by atoms with Gasteiger partial charge >= 0.3 is 0 Å². The molecule has 0 nitrogen and oxygen atoms in total. The third-order valence-corrected chi connectivity index (χ3v) is 1.51. The summed E-state index contributed by atoms with van der Waals surface area (Å²) in [6.45, 7) is 11.6. The van der Waals surface area contributed by atoms with Gasteiger partial charge in [0, 0.05) is 0 Å². The Morgan fingerprint density at radius 2 is 1.73 bits per heavy atom. The van der Waals surface area contributed by atoms with Crippen molar-refractivity contribution in [3.63, 3.8) is 0 Å². The molecule has 0 N–H and O–H groups in total. The Labute approximate surface area is 69.6 Å². The van der Waals surface area contributed by atoms with Crippen LogP contribution in [0.5, 0.6) is 0 Å². The van der Waals surface area contributed by atoms with Gasteiger partial charge in [0.1, 0.15) is 0 Å². The second-order valence-corrected chi connectivity index (χ2v) is 2.22. The van der Waals surface area contributed by atoms with E-state index < -0.39 is 0 Å². The van der Waals surface area contributed by atoms with Crippen molar-refractivity contribution in [2.75, 3.05) is 0 Å². The fourth-order valence-corrected chi connectivity index (χ4v) is 0.941. The molecule has 0 aromatic rings. The zero-order valence-corrected chi connectivity index (χ0v) is 7.43. The highest BCUT2D eigenvalue weighted by Gasteiger charge is 1.92. The van der Waals surface area contributed by atoms with Gasteiger partial charge in [-0.1, -0.05) is 44.4 Å². The predicted molar refractivity (Wildman–Crippen MR) is 52.5 cm³/mol. The van der Waals surface area contributed by atoms with Crippen molar-refractivity contribution >= 4 is 0 Å². The Morgan fingerprint density at radius 1 is 1.18 bits per heavy atom. The maximum Gasteiger partial charge on any atom is -0.0234 e. The molecule has 0 saturated carbocycles. The zero-order chi connectivity index (χ0) is 8.69. The van der Waals surface area contributed by atoms with Crippen molar-refractivity contribution in [2.24, 2.45) is 0 Å². The van der Waals surface area contributed by atoms with Crippen LogP contribution in [-0.4, -0.2) is 0 Å². The summed E-state index contributed by atoms with van der Waals surface area (Å²) < 4.78 is 0. The second kappa shape index (κ2) is 5.72. The summed E-state index contributed by atoms with van der Waals surface area (Å²) in [5, 5.41) is 0. The predicted octanol–water partition coefficient (Wildman–Crippen LogP) is 3.64. The Hall–Kier alpha value is -1.04. The van der Waals surface area contributed by atoms with Gasteiger partial charge in [-0.3, -0.25) is 0 Å². The molecule has 0 aromatic carbocycles. The molecule has 11 heavy (non-hydrogen) atoms. The monoisotopic (exact) mass is 148 g/mol. The lowest BCUT2D eigenvalue weighted by Gasteiger charge is -2.00. The summed E-state index contributed by atoms with van der Waals surface area (Å²) in [6.07, 6.45) is 8.93. The van der Waals surface area contributed by atoms with Crippen molar-refractivity contribution < 1.29 is 0 Å². The minimum atomic E-state index is 1.03. The van der Waals surface area contributed by atoms with Crippen molar-refractivity contribution in [1.29, 1.82) is 0 Å². The van der Waals surface area contributed by atoms with Crippen molar-refractivity contribution in [1.82, 2.24) is 0 Å². The summed E-state index contributed by atoms with van der Waals surface area (Å²) >= 11 is 0. The molecule has 0 spiro atoms. The number of allylic oxidation sites excluding steroid dienone is 6. The summed E-state index contributed by atoms with van der Waals surface area (Å²) in [5.74, 6) is 0. The minimum Gasteiger partial charge on any atom is -0.0985 e. The Bertz CT molecular complexity index is 192. The smallest absolute Gasteiger partial charge is 0.0234 e. The maximum atomic E-state index is 3.74. The molecule has 0 saturated heterocycles. The highest BCUT2D eigenvalue weighted by Crippen LogP contribution is 2.12. The molecule has 0 heterocycles. The van der Waals surface area contributed by atoms with E-state index in [-0.39, 0.29) is 0 Å². The summed E-state index contributed by atoms with van der Waals surface area (Å²) in [4.78, 5) is 0. The van der Waals surface area contributed by atoms with Crippen LogP contribution in [0.4, 0.5) is 0 Å². The van der Waals surface area contributed by atoms with Crippen molar-refractivity contribution in [3.05, 3.63) is 48.6 Å². The van der Waals surface area contributed by atoms with Crippen LogP contribution in [0, 0.1) is 0 Å². The van der Waals surface area contributed by atoms with Crippen LogP contribution >= 0.6 is 0 Å². The molecular weight excluding hydrogens is 132 g/mol. The largest absolute Gasteiger partial charge is 0.0985 e. The normalized spacial score (nSPS) is 12.9. The topological polar surface area (TPSA) is 0 Å². The zero-order valence-electron chi connectivity index (χ0n) is 7.43. The van der Waals surface area contributed by atoms with E-state index in [1.165, 1.54) is 5.57 Å². The number of hydrogen-bond donors (Lipinski definition) is 0. The van der Waals surface area contributed by atoms with Crippen LogP contribution in [0.1, 0.15) is 20.3 Å². The number of hydrogen-bond acceptors (Lipinski definition) is 0. The second-order valence-electron chi connectivity index (χ2n) is 2.22. The number of rotatable bonds is 4. The van der Waals surface area contributed by atoms with Gasteiger partial charge in [0.05, 0.1) is 0 Å². The third-order valence-electron chi connectivity index (χ3n) is 1.51. The quantitative estimate of drug-likeness (QED) is 0.534. The van der Waals surface area contributed by atoms with Crippen LogP contribution in [-0.2, 0) is 0 Å². The van der Waals surface area contributed by atoms with Crippen LogP contribution in [0.15, 0.2) is 48.6 Å². The molecule has 0 amide bonds. The Morgan fingerprint density at radius 3 is 2.00 bits per heavy atom. The van der Waals surface area contributed by atoms with Crippen LogP contribution in [0.3, 0.4) is 0 Å². The first-order valence-electron chi connectivity index (χ1n) is 3.91. The van der Waals surface area contributed by atoms with E-state index in [2.05, 4.69) is 26.2 Å². The molecular formula is C11H16. The molecule has 0 aliphatic heterocycles. The average Bonchev–Trinajstić information content (AvgIpc) is 2.05. The summed E-state index contributed by atoms with van der Waals surface area (Å²) in [5.41, 5.74) is 2.33. The van der Waals surface area contributed by atoms with Gasteiger partial charge in [0.2, 0.25) is 0 Å². The van der Waals surface area contributed by atoms with E-state index in [0.29, 0.717) is 0 Å². The lowest BCUT2D eigenvalue weighted by atomic mass is 10.1. The van der Waals surface area contributed by atoms with Crippen molar-refractivity contribution in [3.8, 4) is 0 Å². The molecule has 0 atom stereocenters. The molecule has 0 aliphatic carbocycles. The molecule has 0 rings (SSSR count). The fraction of sp³-hybridized carbons (Fsp3) is 0.273. The van der Waals surface area contributed by atoms with E-state index in [1.807, 2.05) is 25.2 Å². The highest BCUT2D eigenvalue weighted by molar-refractivity contribution is 5.44. The average molecular weight is 148 g/mol. The van der Waals surface area contributed by atoms with E-state index >= 15 is 0 Å². The SMILES string of the molecule is C=CC(=C/C)/C(C=C)=C\CC. The third kappa shape index (κ3) is 3.03. The first-order chi connectivity index (χ1) is 5.29. The van der Waals surface area contributed by atoms with Crippen LogP contribution in [0.2, 0.25) is 0 Å². The van der Waals surface area contributed by atoms with E-state index in [0.717, 1.165) is 12.0 Å². The lowest BCUT2D eigenvalue weighted by molar-refractivity contribution is 1.20. The van der Waals surface area contributed by atoms with Crippen LogP contribution in [0.25, 0.3) is 0 Å². The Kier molecular flexibility index (Phi) is 5.18. The summed E-state index contributed by atoms with van der Waals surface area (Å²) in [6, 6.07) is 0. The van der Waals surface area contributed by atoms with Crippen LogP contribution < -0.4 is 0 Å². The standard InChI is InChI=1S/C11H16/c1-5-9-11(8-4)10(6-2)7-3/h6-9H,2,4-5H2,1,3H3/b10-7-,11-9-. The first kappa shape index (κ1) is 9.96. The summed E-state index contributed by atoms with van der Waals surface area (Å²) in [7, 11) is 0. The van der Waals surface area contributed by atoms with Crippen molar-refractivity contribution in [2.45, 2.75) is 20.3 Å². The molecule has 0 aromatic heterocycles. The molecule has 0 bridgehead atoms. The van der Waals surface area contributed by atoms with Gasteiger partial charge in [-0.2, -0.15) is 0 Å². The molecule has 0 radical (unpaired) electrons. The molecule has 0 heteroatoms. The maximum absolute atomic E-state index is 3.74. The van der Waals surface area contributed by atoms with Gasteiger partial charge in [-0.05, 0) is 24.5 Å². The van der Waals surface area contributed by atoms with Gasteiger partial charge in [0.15, 0.2) is 0 Å². The van der Waals surface area contributed by atoms with E-state index in [9.17, 15) is 0 Å². The first-order valence-corrected chi connectivity index (χ1v) is 3.91. The molecule has 0 unspecified atom stereocenters. The van der Waals surface area contributed by atoms with Gasteiger partial charge in [-0.25, -0.2) is 0 Å². The van der Waals surface area contributed by atoms with Gasteiger partial charge in [-0.15, -0.1) is 0 Å². The molecule has 0 aliphatic rings.